The second kappa shape index (κ2) is 8.68. The van der Waals surface area contributed by atoms with Crippen molar-refractivity contribution in [3.63, 3.8) is 0 Å². The van der Waals surface area contributed by atoms with Crippen molar-refractivity contribution in [3.8, 4) is 5.75 Å². The Labute approximate surface area is 147 Å². The van der Waals surface area contributed by atoms with E-state index in [1.807, 2.05) is 0 Å². The van der Waals surface area contributed by atoms with Crippen LogP contribution in [0.25, 0.3) is 0 Å². The third-order valence-corrected chi connectivity index (χ3v) is 4.01. The summed E-state index contributed by atoms with van der Waals surface area (Å²) in [4.78, 5) is 13.0. The molecule has 10 heteroatoms. The summed E-state index contributed by atoms with van der Waals surface area (Å²) in [6, 6.07) is 1.77. The van der Waals surface area contributed by atoms with Crippen molar-refractivity contribution in [2.45, 2.75) is 12.2 Å². The maximum absolute atomic E-state index is 13.2. The number of alkyl halides is 3. The van der Waals surface area contributed by atoms with Gasteiger partial charge in [-0.3, -0.25) is 9.69 Å². The first kappa shape index (κ1) is 19.7. The fourth-order valence-electron chi connectivity index (χ4n) is 2.42. The number of benzene rings is 1. The third kappa shape index (κ3) is 6.02. The number of rotatable bonds is 6. The van der Waals surface area contributed by atoms with Crippen molar-refractivity contribution >= 4 is 17.5 Å². The van der Waals surface area contributed by atoms with Crippen LogP contribution in [0.2, 0.25) is 5.02 Å². The van der Waals surface area contributed by atoms with E-state index in [4.69, 9.17) is 16.3 Å². The molecule has 1 aromatic carbocycles. The molecular formula is C15H18ClF4N3O2. The largest absolute Gasteiger partial charge is 0.484 e. The van der Waals surface area contributed by atoms with Gasteiger partial charge in [-0.2, -0.15) is 13.2 Å². The lowest BCUT2D eigenvalue weighted by molar-refractivity contribution is -0.184. The van der Waals surface area contributed by atoms with Crippen LogP contribution < -0.4 is 15.4 Å². The third-order valence-electron chi connectivity index (χ3n) is 3.72. The van der Waals surface area contributed by atoms with Gasteiger partial charge < -0.3 is 15.4 Å². The Bertz CT molecular complexity index is 595. The smallest absolute Gasteiger partial charge is 0.405 e. The van der Waals surface area contributed by atoms with Gasteiger partial charge in [0.1, 0.15) is 17.6 Å². The quantitative estimate of drug-likeness (QED) is 0.736. The van der Waals surface area contributed by atoms with Gasteiger partial charge in [0.2, 0.25) is 0 Å². The molecule has 2 N–H and O–H groups in total. The second-order valence-electron chi connectivity index (χ2n) is 5.51. The molecule has 0 aromatic heterocycles. The number of nitrogens with zero attached hydrogens (tertiary/aromatic N) is 1. The van der Waals surface area contributed by atoms with Crippen LogP contribution in [-0.4, -0.2) is 62.4 Å². The molecule has 1 atom stereocenters. The maximum Gasteiger partial charge on any atom is 0.405 e. The Balaban J connectivity index is 1.84. The number of piperazine rings is 1. The Kier molecular flexibility index (Phi) is 6.86. The SMILES string of the molecule is O=C(COc1ccc(F)c(Cl)c1)NCC(N1CCNCC1)C(F)(F)F. The van der Waals surface area contributed by atoms with E-state index in [1.165, 1.54) is 17.0 Å². The standard InChI is InChI=1S/C15H18ClF4N3O2/c16-11-7-10(1-2-12(11)17)25-9-14(24)22-8-13(15(18,19)20)23-5-3-21-4-6-23/h1-2,7,13,21H,3-6,8-9H2,(H,22,24). The molecule has 1 aliphatic rings. The summed E-state index contributed by atoms with van der Waals surface area (Å²) in [6.07, 6.45) is -4.45. The molecule has 0 spiro atoms. The first-order valence-electron chi connectivity index (χ1n) is 7.63. The van der Waals surface area contributed by atoms with E-state index in [-0.39, 0.29) is 23.9 Å². The zero-order valence-electron chi connectivity index (χ0n) is 13.2. The summed E-state index contributed by atoms with van der Waals surface area (Å²) in [5, 5.41) is 5.04. The molecule has 0 bridgehead atoms. The molecule has 0 saturated carbocycles. The van der Waals surface area contributed by atoms with Gasteiger partial charge in [0.05, 0.1) is 5.02 Å². The van der Waals surface area contributed by atoms with Crippen LogP contribution in [0.3, 0.4) is 0 Å². The van der Waals surface area contributed by atoms with Crippen molar-refractivity contribution in [3.05, 3.63) is 29.0 Å². The maximum atomic E-state index is 13.2. The highest BCUT2D eigenvalue weighted by Gasteiger charge is 2.43. The Hall–Kier alpha value is -1.58. The fraction of sp³-hybridized carbons (Fsp3) is 0.533. The van der Waals surface area contributed by atoms with Crippen molar-refractivity contribution in [2.24, 2.45) is 0 Å². The van der Waals surface area contributed by atoms with E-state index in [2.05, 4.69) is 10.6 Å². The van der Waals surface area contributed by atoms with Crippen LogP contribution >= 0.6 is 11.6 Å². The first-order chi connectivity index (χ1) is 11.8. The average Bonchev–Trinajstić information content (AvgIpc) is 2.56. The lowest BCUT2D eigenvalue weighted by Gasteiger charge is -2.35. The minimum atomic E-state index is -4.45. The van der Waals surface area contributed by atoms with Gasteiger partial charge in [-0.25, -0.2) is 4.39 Å². The van der Waals surface area contributed by atoms with Crippen LogP contribution in [0.1, 0.15) is 0 Å². The average molecular weight is 384 g/mol. The van der Waals surface area contributed by atoms with Crippen molar-refractivity contribution in [1.29, 1.82) is 0 Å². The molecule has 1 aliphatic heterocycles. The summed E-state index contributed by atoms with van der Waals surface area (Å²) in [5.41, 5.74) is 0. The van der Waals surface area contributed by atoms with Gasteiger partial charge in [-0.15, -0.1) is 0 Å². The highest BCUT2D eigenvalue weighted by atomic mass is 35.5. The predicted octanol–water partition coefficient (Wildman–Crippen LogP) is 1.81. The zero-order valence-corrected chi connectivity index (χ0v) is 14.0. The molecule has 1 fully saturated rings. The van der Waals surface area contributed by atoms with Crippen molar-refractivity contribution in [1.82, 2.24) is 15.5 Å². The second-order valence-corrected chi connectivity index (χ2v) is 5.92. The molecule has 1 amide bonds. The zero-order chi connectivity index (χ0) is 18.4. The molecule has 1 saturated heterocycles. The van der Waals surface area contributed by atoms with E-state index < -0.39 is 37.1 Å². The van der Waals surface area contributed by atoms with Crippen LogP contribution in [0.5, 0.6) is 5.75 Å². The Morgan fingerprint density at radius 1 is 1.36 bits per heavy atom. The van der Waals surface area contributed by atoms with Crippen LogP contribution in [0.15, 0.2) is 18.2 Å². The molecule has 25 heavy (non-hydrogen) atoms. The summed E-state index contributed by atoms with van der Waals surface area (Å²) in [6.45, 7) is 0.392. The number of nitrogens with one attached hydrogen (secondary N) is 2. The topological polar surface area (TPSA) is 53.6 Å². The fourth-order valence-corrected chi connectivity index (χ4v) is 2.59. The first-order valence-corrected chi connectivity index (χ1v) is 8.01. The summed E-state index contributed by atoms with van der Waals surface area (Å²) >= 11 is 5.58. The van der Waals surface area contributed by atoms with E-state index in [0.29, 0.717) is 13.1 Å². The van der Waals surface area contributed by atoms with Gasteiger partial charge in [0.25, 0.3) is 5.91 Å². The minimum Gasteiger partial charge on any atom is -0.484 e. The normalized spacial score (nSPS) is 17.2. The van der Waals surface area contributed by atoms with E-state index >= 15 is 0 Å². The number of hydrogen-bond donors (Lipinski definition) is 2. The highest BCUT2D eigenvalue weighted by molar-refractivity contribution is 6.30. The number of hydrogen-bond acceptors (Lipinski definition) is 4. The van der Waals surface area contributed by atoms with E-state index in [9.17, 15) is 22.4 Å². The molecule has 2 rings (SSSR count). The Morgan fingerprint density at radius 2 is 2.04 bits per heavy atom. The van der Waals surface area contributed by atoms with E-state index in [0.717, 1.165) is 6.07 Å². The molecular weight excluding hydrogens is 366 g/mol. The number of carbonyl (C=O) groups excluding carboxylic acids is 1. The highest BCUT2D eigenvalue weighted by Crippen LogP contribution is 2.25. The summed E-state index contributed by atoms with van der Waals surface area (Å²) in [5.74, 6) is -1.19. The summed E-state index contributed by atoms with van der Waals surface area (Å²) in [7, 11) is 0. The molecule has 0 aliphatic carbocycles. The molecule has 5 nitrogen and oxygen atoms in total. The van der Waals surface area contributed by atoms with Gasteiger partial charge in [0, 0.05) is 38.8 Å². The number of halogens is 5. The van der Waals surface area contributed by atoms with Crippen LogP contribution in [0.4, 0.5) is 17.6 Å². The molecule has 140 valence electrons. The number of carbonyl (C=O) groups is 1. The van der Waals surface area contributed by atoms with Gasteiger partial charge in [-0.05, 0) is 12.1 Å². The monoisotopic (exact) mass is 383 g/mol. The number of ether oxygens (including phenoxy) is 1. The lowest BCUT2D eigenvalue weighted by atomic mass is 10.2. The predicted molar refractivity (Wildman–Crippen MR) is 84.2 cm³/mol. The van der Waals surface area contributed by atoms with Gasteiger partial charge in [0.15, 0.2) is 6.61 Å². The van der Waals surface area contributed by atoms with Gasteiger partial charge in [-0.1, -0.05) is 11.6 Å². The van der Waals surface area contributed by atoms with Crippen LogP contribution in [-0.2, 0) is 4.79 Å². The Morgan fingerprint density at radius 3 is 2.64 bits per heavy atom. The van der Waals surface area contributed by atoms with Crippen molar-refractivity contribution < 1.29 is 27.1 Å². The number of amides is 1. The molecule has 1 aromatic rings. The molecule has 1 heterocycles. The van der Waals surface area contributed by atoms with Crippen LogP contribution in [0, 0.1) is 5.82 Å². The summed E-state index contributed by atoms with van der Waals surface area (Å²) < 4.78 is 57.7. The van der Waals surface area contributed by atoms with Crippen molar-refractivity contribution in [2.75, 3.05) is 39.3 Å². The minimum absolute atomic E-state index is 0.149. The molecule has 1 unspecified atom stereocenters. The molecule has 0 radical (unpaired) electrons. The lowest BCUT2D eigenvalue weighted by Crippen LogP contribution is -2.57. The van der Waals surface area contributed by atoms with Gasteiger partial charge >= 0.3 is 6.18 Å². The van der Waals surface area contributed by atoms with E-state index in [1.54, 1.807) is 0 Å².